The van der Waals surface area contributed by atoms with Crippen molar-refractivity contribution in [3.8, 4) is 17.4 Å². The summed E-state index contributed by atoms with van der Waals surface area (Å²) in [7, 11) is 0. The molecule has 2 aromatic heterocycles. The summed E-state index contributed by atoms with van der Waals surface area (Å²) in [6.07, 6.45) is 0.977. The second-order valence-corrected chi connectivity index (χ2v) is 7.02. The van der Waals surface area contributed by atoms with Gasteiger partial charge < -0.3 is 18.3 Å². The zero-order valence-electron chi connectivity index (χ0n) is 15.0. The number of ether oxygens (including phenoxy) is 2. The van der Waals surface area contributed by atoms with Gasteiger partial charge in [-0.2, -0.15) is 0 Å². The average molecular weight is 435 g/mol. The van der Waals surface area contributed by atoms with E-state index in [1.54, 1.807) is 36.4 Å². The van der Waals surface area contributed by atoms with E-state index in [0.29, 0.717) is 28.5 Å². The number of hydrogen-bond donors (Lipinski definition) is 0. The minimum Gasteiger partial charge on any atom is -0.494 e. The maximum absolute atomic E-state index is 12.1. The number of aromatic nitrogens is 2. The van der Waals surface area contributed by atoms with Crippen molar-refractivity contribution in [3.63, 3.8) is 0 Å². The van der Waals surface area contributed by atoms with Crippen LogP contribution in [0.5, 0.6) is 5.75 Å². The molecule has 0 saturated carbocycles. The van der Waals surface area contributed by atoms with E-state index in [4.69, 9.17) is 18.3 Å². The molecule has 0 fully saturated rings. The Balaban J connectivity index is 1.51. The molecule has 0 atom stereocenters. The molecule has 3 rings (SSSR count). The van der Waals surface area contributed by atoms with Gasteiger partial charge in [0.2, 0.25) is 0 Å². The van der Waals surface area contributed by atoms with Gasteiger partial charge in [-0.1, -0.05) is 13.8 Å². The molecule has 7 nitrogen and oxygen atoms in total. The third-order valence-corrected chi connectivity index (χ3v) is 4.06. The van der Waals surface area contributed by atoms with Crippen molar-refractivity contribution in [3.05, 3.63) is 52.5 Å². The average Bonchev–Trinajstić information content (AvgIpc) is 3.29. The van der Waals surface area contributed by atoms with Gasteiger partial charge in [0.05, 0.1) is 12.2 Å². The van der Waals surface area contributed by atoms with E-state index < -0.39 is 5.97 Å². The number of halogens is 1. The summed E-state index contributed by atoms with van der Waals surface area (Å²) >= 11 is 3.20. The van der Waals surface area contributed by atoms with Crippen molar-refractivity contribution in [2.75, 3.05) is 6.61 Å². The van der Waals surface area contributed by atoms with Crippen LogP contribution in [-0.4, -0.2) is 22.8 Å². The van der Waals surface area contributed by atoms with Crippen LogP contribution < -0.4 is 4.74 Å². The lowest BCUT2D eigenvalue weighted by atomic mass is 10.1. The van der Waals surface area contributed by atoms with Crippen LogP contribution in [-0.2, 0) is 11.3 Å². The van der Waals surface area contributed by atoms with Crippen molar-refractivity contribution in [1.82, 2.24) is 10.2 Å². The Morgan fingerprint density at radius 3 is 2.56 bits per heavy atom. The highest BCUT2D eigenvalue weighted by Gasteiger charge is 2.14. The summed E-state index contributed by atoms with van der Waals surface area (Å²) in [5.41, 5.74) is 0.418. The van der Waals surface area contributed by atoms with Gasteiger partial charge in [0, 0.05) is 0 Å². The molecule has 0 aliphatic heterocycles. The molecule has 0 aliphatic carbocycles. The lowest BCUT2D eigenvalue weighted by Crippen LogP contribution is -2.06. The molecule has 0 radical (unpaired) electrons. The summed E-state index contributed by atoms with van der Waals surface area (Å²) in [6, 6.07) is 10.2. The van der Waals surface area contributed by atoms with Crippen molar-refractivity contribution < 1.29 is 23.1 Å². The third-order valence-electron chi connectivity index (χ3n) is 3.63. The van der Waals surface area contributed by atoms with Gasteiger partial charge in [0.1, 0.15) is 5.75 Å². The van der Waals surface area contributed by atoms with Crippen molar-refractivity contribution in [2.45, 2.75) is 26.9 Å². The Bertz CT molecular complexity index is 886. The Kier molecular flexibility index (Phi) is 6.28. The van der Waals surface area contributed by atoms with Crippen LogP contribution in [0.1, 0.15) is 36.5 Å². The maximum atomic E-state index is 12.1. The minimum atomic E-state index is -0.482. The summed E-state index contributed by atoms with van der Waals surface area (Å²) < 4.78 is 22.1. The summed E-state index contributed by atoms with van der Waals surface area (Å²) in [5, 5.41) is 7.70. The normalized spacial score (nSPS) is 11.0. The molecule has 0 aliphatic rings. The monoisotopic (exact) mass is 434 g/mol. The number of esters is 1. The lowest BCUT2D eigenvalue weighted by molar-refractivity contribution is 0.0438. The van der Waals surface area contributed by atoms with Gasteiger partial charge in [0.15, 0.2) is 17.0 Å². The number of rotatable bonds is 8. The SMILES string of the molecule is CC(C)CCOc1ccc(C(=O)OCc2nnc(-c3ccc(Br)o3)o2)cc1. The second kappa shape index (κ2) is 8.85. The molecular weight excluding hydrogens is 416 g/mol. The Morgan fingerprint density at radius 1 is 1.11 bits per heavy atom. The number of carbonyl (C=O) groups excluding carboxylic acids is 1. The molecule has 0 saturated heterocycles. The van der Waals surface area contributed by atoms with Crippen molar-refractivity contribution in [1.29, 1.82) is 0 Å². The topological polar surface area (TPSA) is 87.6 Å². The molecule has 3 aromatic rings. The number of benzene rings is 1. The molecule has 0 spiro atoms. The van der Waals surface area contributed by atoms with Gasteiger partial charge in [-0.3, -0.25) is 0 Å². The van der Waals surface area contributed by atoms with Crippen LogP contribution in [0, 0.1) is 5.92 Å². The van der Waals surface area contributed by atoms with E-state index in [-0.39, 0.29) is 18.4 Å². The highest BCUT2D eigenvalue weighted by molar-refractivity contribution is 9.10. The van der Waals surface area contributed by atoms with Crippen molar-refractivity contribution >= 4 is 21.9 Å². The molecule has 0 unspecified atom stereocenters. The summed E-state index contributed by atoms with van der Waals surface area (Å²) in [5.74, 6) is 1.65. The number of carbonyl (C=O) groups is 1. The van der Waals surface area contributed by atoms with Crippen molar-refractivity contribution in [2.24, 2.45) is 5.92 Å². The Morgan fingerprint density at radius 2 is 1.89 bits per heavy atom. The quantitative estimate of drug-likeness (QED) is 0.467. The van der Waals surface area contributed by atoms with Crippen LogP contribution in [0.2, 0.25) is 0 Å². The third kappa shape index (κ3) is 5.43. The second-order valence-electron chi connectivity index (χ2n) is 6.24. The molecule has 0 bridgehead atoms. The fourth-order valence-electron chi connectivity index (χ4n) is 2.15. The molecule has 142 valence electrons. The number of hydrogen-bond acceptors (Lipinski definition) is 7. The van der Waals surface area contributed by atoms with E-state index in [1.165, 1.54) is 0 Å². The molecule has 1 aromatic carbocycles. The van der Waals surface area contributed by atoms with Crippen LogP contribution in [0.15, 0.2) is 49.9 Å². The zero-order chi connectivity index (χ0) is 19.2. The molecule has 8 heteroatoms. The fourth-order valence-corrected chi connectivity index (χ4v) is 2.46. The van der Waals surface area contributed by atoms with Gasteiger partial charge in [-0.25, -0.2) is 4.79 Å². The van der Waals surface area contributed by atoms with E-state index in [9.17, 15) is 4.79 Å². The van der Waals surface area contributed by atoms with Crippen LogP contribution in [0.25, 0.3) is 11.7 Å². The first-order valence-corrected chi connectivity index (χ1v) is 9.28. The van der Waals surface area contributed by atoms with E-state index in [0.717, 1.165) is 12.2 Å². The number of furan rings is 1. The first-order valence-electron chi connectivity index (χ1n) is 8.49. The molecule has 27 heavy (non-hydrogen) atoms. The predicted molar refractivity (Wildman–Crippen MR) is 100 cm³/mol. The van der Waals surface area contributed by atoms with E-state index in [1.807, 2.05) is 0 Å². The highest BCUT2D eigenvalue weighted by Crippen LogP contribution is 2.24. The molecular formula is C19H19BrN2O5. The van der Waals surface area contributed by atoms with E-state index in [2.05, 4.69) is 40.0 Å². The lowest BCUT2D eigenvalue weighted by Gasteiger charge is -2.08. The van der Waals surface area contributed by atoms with Gasteiger partial charge in [-0.05, 0) is 64.7 Å². The van der Waals surface area contributed by atoms with Gasteiger partial charge in [-0.15, -0.1) is 10.2 Å². The van der Waals surface area contributed by atoms with Gasteiger partial charge in [0.25, 0.3) is 11.8 Å². The smallest absolute Gasteiger partial charge is 0.338 e. The zero-order valence-corrected chi connectivity index (χ0v) is 16.6. The first kappa shape index (κ1) is 19.2. The standard InChI is InChI=1S/C19H19BrN2O5/c1-12(2)9-10-24-14-5-3-13(4-6-14)19(23)25-11-17-21-22-18(27-17)15-7-8-16(20)26-15/h3-8,12H,9-11H2,1-2H3. The van der Waals surface area contributed by atoms with Crippen LogP contribution >= 0.6 is 15.9 Å². The first-order chi connectivity index (χ1) is 13.0. The van der Waals surface area contributed by atoms with Crippen LogP contribution in [0.4, 0.5) is 0 Å². The summed E-state index contributed by atoms with van der Waals surface area (Å²) in [4.78, 5) is 12.1. The minimum absolute atomic E-state index is 0.125. The Labute approximate surface area is 164 Å². The van der Waals surface area contributed by atoms with Crippen LogP contribution in [0.3, 0.4) is 0 Å². The Hall–Kier alpha value is -2.61. The number of nitrogens with zero attached hydrogens (tertiary/aromatic N) is 2. The molecule has 0 N–H and O–H groups in total. The molecule has 2 heterocycles. The maximum Gasteiger partial charge on any atom is 0.338 e. The summed E-state index contributed by atoms with van der Waals surface area (Å²) in [6.45, 7) is 4.80. The van der Waals surface area contributed by atoms with Gasteiger partial charge >= 0.3 is 5.97 Å². The molecule has 0 amide bonds. The predicted octanol–water partition coefficient (Wildman–Crippen LogP) is 4.87. The van der Waals surface area contributed by atoms with E-state index >= 15 is 0 Å². The fraction of sp³-hybridized carbons (Fsp3) is 0.316. The highest BCUT2D eigenvalue weighted by atomic mass is 79.9. The largest absolute Gasteiger partial charge is 0.494 e.